The summed E-state index contributed by atoms with van der Waals surface area (Å²) in [6.07, 6.45) is -12.2. The molecule has 0 bridgehead atoms. The first-order valence-corrected chi connectivity index (χ1v) is 5.65. The van der Waals surface area contributed by atoms with Crippen LogP contribution in [0.5, 0.6) is 0 Å². The average molecular weight is 268 g/mol. The van der Waals surface area contributed by atoms with Gasteiger partial charge in [-0.2, -0.15) is 0 Å². The molecule has 0 aromatic heterocycles. The van der Waals surface area contributed by atoms with E-state index in [1.807, 2.05) is 0 Å². The van der Waals surface area contributed by atoms with E-state index in [4.69, 9.17) is 9.84 Å². The van der Waals surface area contributed by atoms with E-state index in [1.165, 1.54) is 6.92 Å². The lowest BCUT2D eigenvalue weighted by molar-refractivity contribution is -0.231. The highest BCUT2D eigenvalue weighted by Crippen LogP contribution is 2.21. The molecule has 108 valence electrons. The Labute approximate surface area is 104 Å². The smallest absolute Gasteiger partial charge is 0.115 e. The second-order valence-corrected chi connectivity index (χ2v) is 4.56. The molecule has 8 atom stereocenters. The van der Waals surface area contributed by atoms with Crippen LogP contribution in [0.2, 0.25) is 0 Å². The van der Waals surface area contributed by atoms with Crippen LogP contribution >= 0.6 is 0 Å². The van der Waals surface area contributed by atoms with Gasteiger partial charge in [0.1, 0.15) is 42.7 Å². The molecule has 1 aliphatic rings. The molecule has 0 aromatic rings. The van der Waals surface area contributed by atoms with Crippen LogP contribution in [0, 0.1) is 0 Å². The Hall–Kier alpha value is -0.320. The summed E-state index contributed by atoms with van der Waals surface area (Å²) in [4.78, 5) is 0. The maximum Gasteiger partial charge on any atom is 0.115 e. The summed E-state index contributed by atoms with van der Waals surface area (Å²) in [6.45, 7) is 0.898. The van der Waals surface area contributed by atoms with Crippen molar-refractivity contribution in [1.82, 2.24) is 0 Å². The molecule has 8 heteroatoms. The number of hydrogen-bond acceptors (Lipinski definition) is 8. The summed E-state index contributed by atoms with van der Waals surface area (Å²) in [5, 5.41) is 66.0. The number of aliphatic hydroxyl groups is 7. The zero-order valence-corrected chi connectivity index (χ0v) is 9.86. The van der Waals surface area contributed by atoms with E-state index in [0.717, 1.165) is 0 Å². The van der Waals surface area contributed by atoms with Gasteiger partial charge in [-0.1, -0.05) is 0 Å². The molecule has 0 radical (unpaired) electrons. The molecule has 0 spiro atoms. The molecule has 8 nitrogen and oxygen atoms in total. The average Bonchev–Trinajstić information content (AvgIpc) is 2.33. The summed E-state index contributed by atoms with van der Waals surface area (Å²) in [5.74, 6) is 0. The summed E-state index contributed by atoms with van der Waals surface area (Å²) in [5.41, 5.74) is 0. The highest BCUT2D eigenvalue weighted by molar-refractivity contribution is 4.94. The van der Waals surface area contributed by atoms with Gasteiger partial charge in [-0.05, 0) is 6.92 Å². The first-order valence-electron chi connectivity index (χ1n) is 5.65. The zero-order valence-electron chi connectivity index (χ0n) is 9.86. The minimum atomic E-state index is -1.76. The van der Waals surface area contributed by atoms with E-state index < -0.39 is 48.8 Å². The van der Waals surface area contributed by atoms with Crippen molar-refractivity contribution in [2.45, 2.75) is 55.8 Å². The van der Waals surface area contributed by atoms with Crippen molar-refractivity contribution in [3.8, 4) is 0 Å². The maximum absolute atomic E-state index is 9.74. The molecular weight excluding hydrogens is 248 g/mol. The van der Waals surface area contributed by atoms with Crippen molar-refractivity contribution in [3.05, 3.63) is 0 Å². The van der Waals surface area contributed by atoms with E-state index in [0.29, 0.717) is 0 Å². The van der Waals surface area contributed by atoms with Gasteiger partial charge in [0.05, 0.1) is 12.7 Å². The second kappa shape index (κ2) is 6.22. The Morgan fingerprint density at radius 1 is 0.944 bits per heavy atom. The van der Waals surface area contributed by atoms with Gasteiger partial charge in [0, 0.05) is 0 Å². The monoisotopic (exact) mass is 268 g/mol. The molecule has 1 heterocycles. The third-order valence-electron chi connectivity index (χ3n) is 3.07. The third kappa shape index (κ3) is 3.16. The Balaban J connectivity index is 2.69. The van der Waals surface area contributed by atoms with Crippen LogP contribution in [0.3, 0.4) is 0 Å². The van der Waals surface area contributed by atoms with Crippen molar-refractivity contribution in [2.75, 3.05) is 6.61 Å². The minimum Gasteiger partial charge on any atom is -0.391 e. The predicted molar refractivity (Wildman–Crippen MR) is 57.5 cm³/mol. The number of aliphatic hydroxyl groups excluding tert-OH is 7. The summed E-state index contributed by atoms with van der Waals surface area (Å²) in [6, 6.07) is 0. The molecule has 0 unspecified atom stereocenters. The van der Waals surface area contributed by atoms with Crippen LogP contribution in [0.15, 0.2) is 0 Å². The maximum atomic E-state index is 9.74. The normalized spacial score (nSPS) is 40.0. The van der Waals surface area contributed by atoms with E-state index in [9.17, 15) is 30.6 Å². The van der Waals surface area contributed by atoms with Crippen LogP contribution in [-0.2, 0) is 4.74 Å². The van der Waals surface area contributed by atoms with E-state index in [1.54, 1.807) is 0 Å². The van der Waals surface area contributed by atoms with Crippen molar-refractivity contribution in [2.24, 2.45) is 0 Å². The Kier molecular flexibility index (Phi) is 5.44. The first kappa shape index (κ1) is 15.7. The van der Waals surface area contributed by atoms with Gasteiger partial charge in [0.2, 0.25) is 0 Å². The van der Waals surface area contributed by atoms with E-state index in [2.05, 4.69) is 0 Å². The van der Waals surface area contributed by atoms with Gasteiger partial charge in [0.15, 0.2) is 0 Å². The molecule has 1 aliphatic heterocycles. The molecule has 18 heavy (non-hydrogen) atoms. The summed E-state index contributed by atoms with van der Waals surface area (Å²) < 4.78 is 4.92. The SMILES string of the molecule is C[C@@H](O)[C@H](O)[C@H](O)[C@H](O)[C@H]1OC[C@H](O)[C@@H](O)[C@H]1O. The van der Waals surface area contributed by atoms with Crippen LogP contribution in [0.25, 0.3) is 0 Å². The summed E-state index contributed by atoms with van der Waals surface area (Å²) in [7, 11) is 0. The molecule has 1 rings (SSSR count). The Morgan fingerprint density at radius 2 is 1.50 bits per heavy atom. The summed E-state index contributed by atoms with van der Waals surface area (Å²) >= 11 is 0. The first-order chi connectivity index (χ1) is 8.27. The fourth-order valence-electron chi connectivity index (χ4n) is 1.81. The number of hydrogen-bond donors (Lipinski definition) is 7. The van der Waals surface area contributed by atoms with Crippen molar-refractivity contribution in [1.29, 1.82) is 0 Å². The van der Waals surface area contributed by atoms with Gasteiger partial charge in [-0.15, -0.1) is 0 Å². The van der Waals surface area contributed by atoms with Crippen molar-refractivity contribution in [3.63, 3.8) is 0 Å². The molecule has 0 aromatic carbocycles. The van der Waals surface area contributed by atoms with Gasteiger partial charge in [-0.25, -0.2) is 0 Å². The molecule has 1 fully saturated rings. The Bertz CT molecular complexity index is 260. The van der Waals surface area contributed by atoms with Crippen LogP contribution < -0.4 is 0 Å². The highest BCUT2D eigenvalue weighted by atomic mass is 16.5. The fourth-order valence-corrected chi connectivity index (χ4v) is 1.81. The highest BCUT2D eigenvalue weighted by Gasteiger charge is 2.44. The lowest BCUT2D eigenvalue weighted by atomic mass is 9.91. The van der Waals surface area contributed by atoms with Crippen LogP contribution in [0.1, 0.15) is 6.92 Å². The lowest BCUT2D eigenvalue weighted by Gasteiger charge is -2.39. The van der Waals surface area contributed by atoms with Crippen LogP contribution in [0.4, 0.5) is 0 Å². The fraction of sp³-hybridized carbons (Fsp3) is 1.00. The van der Waals surface area contributed by atoms with Crippen LogP contribution in [-0.4, -0.2) is 91.2 Å². The van der Waals surface area contributed by atoms with Gasteiger partial charge < -0.3 is 40.5 Å². The topological polar surface area (TPSA) is 151 Å². The predicted octanol–water partition coefficient (Wildman–Crippen LogP) is -4.07. The van der Waals surface area contributed by atoms with Crippen molar-refractivity contribution < 1.29 is 40.5 Å². The van der Waals surface area contributed by atoms with Gasteiger partial charge >= 0.3 is 0 Å². The second-order valence-electron chi connectivity index (χ2n) is 4.56. The van der Waals surface area contributed by atoms with Gasteiger partial charge in [0.25, 0.3) is 0 Å². The molecule has 1 saturated heterocycles. The Morgan fingerprint density at radius 3 is 2.00 bits per heavy atom. The van der Waals surface area contributed by atoms with E-state index in [-0.39, 0.29) is 6.61 Å². The van der Waals surface area contributed by atoms with Crippen molar-refractivity contribution >= 4 is 0 Å². The number of ether oxygens (including phenoxy) is 1. The molecule has 0 amide bonds. The van der Waals surface area contributed by atoms with Gasteiger partial charge in [-0.3, -0.25) is 0 Å². The zero-order chi connectivity index (χ0) is 14.0. The molecular formula is C10H20O8. The lowest BCUT2D eigenvalue weighted by Crippen LogP contribution is -2.60. The largest absolute Gasteiger partial charge is 0.391 e. The van der Waals surface area contributed by atoms with E-state index >= 15 is 0 Å². The molecule has 7 N–H and O–H groups in total. The molecule has 0 saturated carbocycles. The third-order valence-corrected chi connectivity index (χ3v) is 3.07. The molecule has 0 aliphatic carbocycles. The minimum absolute atomic E-state index is 0.322. The standard InChI is InChI=1S/C10H20O8/c1-3(11)5(13)7(15)9(17)10-8(16)6(14)4(12)2-18-10/h3-17H,2H2,1H3/t3-,4+,5+,6-,7+,8-,9+,10+/m1/s1. The quantitative estimate of drug-likeness (QED) is 0.272. The number of rotatable bonds is 4.